The van der Waals surface area contributed by atoms with Gasteiger partial charge in [-0.3, -0.25) is 4.79 Å². The van der Waals surface area contributed by atoms with Gasteiger partial charge in [0.15, 0.2) is 5.76 Å². The van der Waals surface area contributed by atoms with Gasteiger partial charge in [0.1, 0.15) is 5.58 Å². The highest BCUT2D eigenvalue weighted by molar-refractivity contribution is 6.03. The molecule has 0 N–H and O–H groups in total. The van der Waals surface area contributed by atoms with E-state index >= 15 is 0 Å². The van der Waals surface area contributed by atoms with E-state index in [0.717, 1.165) is 23.0 Å². The van der Waals surface area contributed by atoms with Crippen LogP contribution in [0.2, 0.25) is 0 Å². The molecule has 2 nitrogen and oxygen atoms in total. The molecule has 1 atom stereocenters. The van der Waals surface area contributed by atoms with Crippen molar-refractivity contribution in [3.05, 3.63) is 71.5 Å². The van der Waals surface area contributed by atoms with Crippen LogP contribution in [0, 0.1) is 0 Å². The van der Waals surface area contributed by atoms with E-state index < -0.39 is 0 Å². The summed E-state index contributed by atoms with van der Waals surface area (Å²) in [5.74, 6) is 0.535. The number of para-hydroxylation sites is 1. The normalized spacial score (nSPS) is 16.9. The monoisotopic (exact) mass is 248 g/mol. The second-order valence-electron chi connectivity index (χ2n) is 4.97. The SMILES string of the molecule is O=C(c1cc2ccccc2o1)C1Cc2ccccc21. The molecule has 0 saturated heterocycles. The number of hydrogen-bond donors (Lipinski definition) is 0. The number of benzene rings is 2. The van der Waals surface area contributed by atoms with Crippen molar-refractivity contribution in [1.29, 1.82) is 0 Å². The third-order valence-corrected chi connectivity index (χ3v) is 3.84. The smallest absolute Gasteiger partial charge is 0.205 e. The largest absolute Gasteiger partial charge is 0.453 e. The Morgan fingerprint density at radius 1 is 1.05 bits per heavy atom. The van der Waals surface area contributed by atoms with E-state index in [4.69, 9.17) is 4.42 Å². The topological polar surface area (TPSA) is 30.2 Å². The molecule has 0 saturated carbocycles. The molecule has 0 fully saturated rings. The lowest BCUT2D eigenvalue weighted by atomic mass is 9.75. The summed E-state index contributed by atoms with van der Waals surface area (Å²) in [5, 5.41) is 0.985. The Morgan fingerprint density at radius 2 is 1.84 bits per heavy atom. The Bertz CT molecular complexity index is 750. The van der Waals surface area contributed by atoms with Gasteiger partial charge in [-0.05, 0) is 29.7 Å². The van der Waals surface area contributed by atoms with Gasteiger partial charge >= 0.3 is 0 Å². The lowest BCUT2D eigenvalue weighted by molar-refractivity contribution is 0.0923. The Balaban J connectivity index is 1.72. The molecule has 19 heavy (non-hydrogen) atoms. The van der Waals surface area contributed by atoms with Crippen molar-refractivity contribution in [3.8, 4) is 0 Å². The number of ketones is 1. The first-order valence-electron chi connectivity index (χ1n) is 6.43. The predicted molar refractivity (Wildman–Crippen MR) is 73.4 cm³/mol. The fourth-order valence-corrected chi connectivity index (χ4v) is 2.77. The van der Waals surface area contributed by atoms with Gasteiger partial charge in [-0.15, -0.1) is 0 Å². The van der Waals surface area contributed by atoms with Gasteiger partial charge in [-0.25, -0.2) is 0 Å². The van der Waals surface area contributed by atoms with Gasteiger partial charge in [-0.1, -0.05) is 42.5 Å². The first-order chi connectivity index (χ1) is 9.33. The zero-order valence-electron chi connectivity index (χ0n) is 10.3. The minimum Gasteiger partial charge on any atom is -0.453 e. The Hall–Kier alpha value is -2.35. The maximum atomic E-state index is 12.5. The molecular formula is C17H12O2. The first-order valence-corrected chi connectivity index (χ1v) is 6.43. The highest BCUT2D eigenvalue weighted by atomic mass is 16.3. The summed E-state index contributed by atoms with van der Waals surface area (Å²) in [7, 11) is 0. The van der Waals surface area contributed by atoms with Crippen molar-refractivity contribution in [1.82, 2.24) is 0 Å². The number of hydrogen-bond acceptors (Lipinski definition) is 2. The Morgan fingerprint density at radius 3 is 2.68 bits per heavy atom. The summed E-state index contributed by atoms with van der Waals surface area (Å²) in [6.45, 7) is 0. The fourth-order valence-electron chi connectivity index (χ4n) is 2.77. The average Bonchev–Trinajstić information content (AvgIpc) is 2.84. The van der Waals surface area contributed by atoms with Crippen molar-refractivity contribution in [2.24, 2.45) is 0 Å². The number of Topliss-reactive ketones (excluding diaryl/α,β-unsaturated/α-hetero) is 1. The van der Waals surface area contributed by atoms with E-state index in [1.165, 1.54) is 5.56 Å². The summed E-state index contributed by atoms with van der Waals surface area (Å²) in [6, 6.07) is 17.7. The lowest BCUT2D eigenvalue weighted by Gasteiger charge is -2.27. The molecule has 1 aromatic heterocycles. The van der Waals surface area contributed by atoms with E-state index in [2.05, 4.69) is 6.07 Å². The molecule has 1 heterocycles. The second kappa shape index (κ2) is 3.82. The summed E-state index contributed by atoms with van der Waals surface area (Å²) < 4.78 is 5.65. The van der Waals surface area contributed by atoms with E-state index in [-0.39, 0.29) is 11.7 Å². The third kappa shape index (κ3) is 1.53. The van der Waals surface area contributed by atoms with Crippen LogP contribution in [0.1, 0.15) is 27.6 Å². The van der Waals surface area contributed by atoms with Gasteiger partial charge in [0.05, 0.1) is 5.92 Å². The quantitative estimate of drug-likeness (QED) is 0.643. The molecule has 0 spiro atoms. The average molecular weight is 248 g/mol. The second-order valence-corrected chi connectivity index (χ2v) is 4.97. The van der Waals surface area contributed by atoms with Crippen LogP contribution in [0.4, 0.5) is 0 Å². The predicted octanol–water partition coefficient (Wildman–Crippen LogP) is 3.96. The molecule has 1 aliphatic carbocycles. The first kappa shape index (κ1) is 10.6. The standard InChI is InChI=1S/C17H12O2/c18-17(14-9-11-5-1-3-7-13(11)14)16-10-12-6-2-4-8-15(12)19-16/h1-8,10,14H,9H2. The van der Waals surface area contributed by atoms with Crippen LogP contribution in [0.5, 0.6) is 0 Å². The van der Waals surface area contributed by atoms with Crippen molar-refractivity contribution >= 4 is 16.8 Å². The zero-order valence-corrected chi connectivity index (χ0v) is 10.3. The Labute approximate surface area is 110 Å². The van der Waals surface area contributed by atoms with E-state index in [1.807, 2.05) is 48.5 Å². The molecule has 0 bridgehead atoms. The fraction of sp³-hybridized carbons (Fsp3) is 0.118. The summed E-state index contributed by atoms with van der Waals surface area (Å²) in [6.07, 6.45) is 0.825. The van der Waals surface area contributed by atoms with Crippen LogP contribution < -0.4 is 0 Å². The molecule has 2 heteroatoms. The van der Waals surface area contributed by atoms with Crippen LogP contribution in [0.15, 0.2) is 59.0 Å². The van der Waals surface area contributed by atoms with Gasteiger partial charge in [-0.2, -0.15) is 0 Å². The molecule has 2 aromatic carbocycles. The summed E-state index contributed by atoms with van der Waals surface area (Å²) >= 11 is 0. The third-order valence-electron chi connectivity index (χ3n) is 3.84. The van der Waals surface area contributed by atoms with E-state index in [9.17, 15) is 4.79 Å². The Kier molecular flexibility index (Phi) is 2.12. The molecule has 1 unspecified atom stereocenters. The highest BCUT2D eigenvalue weighted by Gasteiger charge is 2.33. The van der Waals surface area contributed by atoms with E-state index in [1.54, 1.807) is 0 Å². The van der Waals surface area contributed by atoms with Crippen LogP contribution >= 0.6 is 0 Å². The molecule has 0 aliphatic heterocycles. The van der Waals surface area contributed by atoms with E-state index in [0.29, 0.717) is 5.76 Å². The van der Waals surface area contributed by atoms with Crippen molar-refractivity contribution in [2.75, 3.05) is 0 Å². The van der Waals surface area contributed by atoms with Crippen molar-refractivity contribution in [2.45, 2.75) is 12.3 Å². The minimum absolute atomic E-state index is 0.0308. The summed E-state index contributed by atoms with van der Waals surface area (Å²) in [4.78, 5) is 12.5. The molecule has 3 aromatic rings. The molecule has 92 valence electrons. The number of rotatable bonds is 2. The molecular weight excluding hydrogens is 236 g/mol. The molecule has 0 amide bonds. The van der Waals surface area contributed by atoms with Crippen molar-refractivity contribution in [3.63, 3.8) is 0 Å². The zero-order chi connectivity index (χ0) is 12.8. The van der Waals surface area contributed by atoms with Gasteiger partial charge in [0.25, 0.3) is 0 Å². The number of carbonyl (C=O) groups is 1. The van der Waals surface area contributed by atoms with Crippen LogP contribution in [0.3, 0.4) is 0 Å². The van der Waals surface area contributed by atoms with Gasteiger partial charge < -0.3 is 4.42 Å². The van der Waals surface area contributed by atoms with Gasteiger partial charge in [0.2, 0.25) is 5.78 Å². The number of furan rings is 1. The van der Waals surface area contributed by atoms with Crippen LogP contribution in [-0.2, 0) is 6.42 Å². The molecule has 4 rings (SSSR count). The van der Waals surface area contributed by atoms with Gasteiger partial charge in [0, 0.05) is 5.39 Å². The number of fused-ring (bicyclic) bond motifs is 2. The van der Waals surface area contributed by atoms with Crippen LogP contribution in [0.25, 0.3) is 11.0 Å². The lowest BCUT2D eigenvalue weighted by Crippen LogP contribution is -2.24. The molecule has 0 radical (unpaired) electrons. The summed E-state index contributed by atoms with van der Waals surface area (Å²) in [5.41, 5.74) is 3.20. The molecule has 1 aliphatic rings. The highest BCUT2D eigenvalue weighted by Crippen LogP contribution is 2.37. The maximum absolute atomic E-state index is 12.5. The van der Waals surface area contributed by atoms with Crippen LogP contribution in [-0.4, -0.2) is 5.78 Å². The minimum atomic E-state index is -0.0308. The number of carbonyl (C=O) groups excluding carboxylic acids is 1. The van der Waals surface area contributed by atoms with Crippen molar-refractivity contribution < 1.29 is 9.21 Å². The maximum Gasteiger partial charge on any atom is 0.205 e.